The molecule has 2 aliphatic rings. The van der Waals surface area contributed by atoms with Gasteiger partial charge in [0.2, 0.25) is 5.91 Å². The first-order valence-electron chi connectivity index (χ1n) is 10.4. The van der Waals surface area contributed by atoms with Crippen LogP contribution in [-0.2, 0) is 13.7 Å². The summed E-state index contributed by atoms with van der Waals surface area (Å²) < 4.78 is 28.4. The molecule has 5 N–H and O–H groups in total. The van der Waals surface area contributed by atoms with Crippen molar-refractivity contribution in [1.82, 2.24) is 0 Å². The second kappa shape index (κ2) is 9.64. The summed E-state index contributed by atoms with van der Waals surface area (Å²) in [5.41, 5.74) is 6.92. The molecule has 2 aromatic carbocycles. The van der Waals surface area contributed by atoms with Crippen LogP contribution in [0.1, 0.15) is 10.4 Å². The quantitative estimate of drug-likeness (QED) is 0.206. The van der Waals surface area contributed by atoms with Crippen LogP contribution in [0.5, 0.6) is 5.75 Å². The highest BCUT2D eigenvalue weighted by molar-refractivity contribution is 8.71. The summed E-state index contributed by atoms with van der Waals surface area (Å²) >= 11 is 0. The van der Waals surface area contributed by atoms with E-state index in [9.17, 15) is 33.0 Å². The van der Waals surface area contributed by atoms with Gasteiger partial charge in [0.05, 0.1) is 11.6 Å². The molecule has 4 rings (SSSR count). The van der Waals surface area contributed by atoms with Crippen molar-refractivity contribution in [3.8, 4) is 28.2 Å². The maximum atomic E-state index is 12.4. The minimum atomic E-state index is -3.39. The van der Waals surface area contributed by atoms with E-state index in [0.29, 0.717) is 27.3 Å². The van der Waals surface area contributed by atoms with Gasteiger partial charge in [-0.05, 0) is 52.8 Å². The number of fused-ring (bicyclic) bond motifs is 2. The van der Waals surface area contributed by atoms with Gasteiger partial charge >= 0.3 is 5.97 Å². The first kappa shape index (κ1) is 25.2. The zero-order valence-corrected chi connectivity index (χ0v) is 20.4. The van der Waals surface area contributed by atoms with E-state index in [1.54, 1.807) is 6.07 Å². The van der Waals surface area contributed by atoms with Crippen LogP contribution in [-0.4, -0.2) is 48.6 Å². The molecule has 36 heavy (non-hydrogen) atoms. The molecule has 1 unspecified atom stereocenters. The van der Waals surface area contributed by atoms with Gasteiger partial charge in [0.15, 0.2) is 14.3 Å². The maximum Gasteiger partial charge on any atom is 0.336 e. The Morgan fingerprint density at radius 3 is 2.50 bits per heavy atom. The second-order valence-electron chi connectivity index (χ2n) is 7.97. The summed E-state index contributed by atoms with van der Waals surface area (Å²) in [6.07, 6.45) is 1.00. The number of carboxylic acid groups (broad SMARTS) is 1. The van der Waals surface area contributed by atoms with E-state index in [1.165, 1.54) is 48.5 Å². The van der Waals surface area contributed by atoms with Gasteiger partial charge in [0, 0.05) is 46.3 Å². The van der Waals surface area contributed by atoms with Crippen LogP contribution in [0.4, 0.5) is 5.69 Å². The first-order chi connectivity index (χ1) is 16.9. The minimum absolute atomic E-state index is 0.0725. The number of nitrogens with one attached hydrogen (secondary N) is 1. The number of phenols is 1. The van der Waals surface area contributed by atoms with Crippen LogP contribution >= 0.6 is 10.8 Å². The maximum absolute atomic E-state index is 12.4. The number of aromatic hydroxyl groups is 1. The molecule has 0 bridgehead atoms. The lowest BCUT2D eigenvalue weighted by molar-refractivity contribution is -0.116. The van der Waals surface area contributed by atoms with E-state index in [4.69, 9.17) is 10.2 Å². The van der Waals surface area contributed by atoms with Gasteiger partial charge in [0.1, 0.15) is 17.1 Å². The Kier molecular flexibility index (Phi) is 6.76. The van der Waals surface area contributed by atoms with Gasteiger partial charge < -0.3 is 25.7 Å². The molecule has 1 amide bonds. The molecule has 10 nitrogen and oxygen atoms in total. The van der Waals surface area contributed by atoms with Gasteiger partial charge in [-0.3, -0.25) is 9.59 Å². The van der Waals surface area contributed by atoms with Crippen LogP contribution in [0.3, 0.4) is 0 Å². The molecule has 2 aromatic rings. The molecular weight excluding hydrogens is 508 g/mol. The Morgan fingerprint density at radius 1 is 1.08 bits per heavy atom. The fourth-order valence-corrected chi connectivity index (χ4v) is 5.40. The molecule has 0 saturated heterocycles. The second-order valence-corrected chi connectivity index (χ2v) is 12.5. The molecule has 0 aromatic heterocycles. The number of benzene rings is 3. The molecule has 1 atom stereocenters. The van der Waals surface area contributed by atoms with Gasteiger partial charge in [-0.25, -0.2) is 13.2 Å². The Bertz CT molecular complexity index is 1650. The lowest BCUT2D eigenvalue weighted by atomic mass is 9.90. The molecule has 1 aliphatic carbocycles. The Balaban J connectivity index is 1.81. The van der Waals surface area contributed by atoms with Crippen molar-refractivity contribution in [2.24, 2.45) is 5.73 Å². The van der Waals surface area contributed by atoms with Crippen molar-refractivity contribution in [3.63, 3.8) is 0 Å². The average Bonchev–Trinajstić information content (AvgIpc) is 2.80. The van der Waals surface area contributed by atoms with Crippen LogP contribution in [0, 0.1) is 0 Å². The molecule has 0 fully saturated rings. The predicted octanol–water partition coefficient (Wildman–Crippen LogP) is 2.93. The number of carbonyl (C=O) groups excluding carboxylic acids is 1. The number of hydrogen-bond acceptors (Lipinski definition) is 9. The summed E-state index contributed by atoms with van der Waals surface area (Å²) in [6, 6.07) is 11.6. The summed E-state index contributed by atoms with van der Waals surface area (Å²) in [4.78, 5) is 36.6. The molecule has 1 heterocycles. The molecule has 12 heteroatoms. The fourth-order valence-electron chi connectivity index (χ4n) is 3.67. The molecule has 0 saturated carbocycles. The normalized spacial score (nSPS) is 12.5. The molecule has 186 valence electrons. The summed E-state index contributed by atoms with van der Waals surface area (Å²) in [7, 11) is -2.85. The fraction of sp³-hybridized carbons (Fsp3) is 0.125. The predicted molar refractivity (Wildman–Crippen MR) is 137 cm³/mol. The number of aromatic carboxylic acids is 1. The largest absolute Gasteiger partial charge is 0.508 e. The van der Waals surface area contributed by atoms with E-state index in [0.717, 1.165) is 6.26 Å². The highest BCUT2D eigenvalue weighted by Gasteiger charge is 2.23. The third kappa shape index (κ3) is 5.35. The Labute approximate surface area is 208 Å². The third-order valence-electron chi connectivity index (χ3n) is 5.26. The zero-order chi connectivity index (χ0) is 26.2. The van der Waals surface area contributed by atoms with E-state index in [-0.39, 0.29) is 45.1 Å². The van der Waals surface area contributed by atoms with Crippen LogP contribution in [0.2, 0.25) is 0 Å². The Morgan fingerprint density at radius 2 is 1.81 bits per heavy atom. The van der Waals surface area contributed by atoms with E-state index in [2.05, 4.69) is 5.32 Å². The molecule has 0 spiro atoms. The highest BCUT2D eigenvalue weighted by Crippen LogP contribution is 2.42. The molecule has 1 aliphatic heterocycles. The Hall–Kier alpha value is -3.87. The summed E-state index contributed by atoms with van der Waals surface area (Å²) in [5, 5.41) is 22.9. The van der Waals surface area contributed by atoms with E-state index < -0.39 is 26.8 Å². The smallest absolute Gasteiger partial charge is 0.336 e. The lowest BCUT2D eigenvalue weighted by Crippen LogP contribution is -2.38. The number of amides is 1. The highest BCUT2D eigenvalue weighted by atomic mass is 33.1. The number of anilines is 1. The SMILES string of the molecule is CS(=O)(=O)SCC(N)C(=O)Nc1ccc(-c2c3ccc(=O)cc-3oc3cc(O)ccc23)c(C(=O)O)c1. The van der Waals surface area contributed by atoms with Gasteiger partial charge in [0.25, 0.3) is 0 Å². The third-order valence-corrected chi connectivity index (χ3v) is 7.88. The van der Waals surface area contributed by atoms with Crippen molar-refractivity contribution in [1.29, 1.82) is 0 Å². The van der Waals surface area contributed by atoms with Gasteiger partial charge in [-0.1, -0.05) is 6.07 Å². The summed E-state index contributed by atoms with van der Waals surface area (Å²) in [5.74, 6) is -1.99. The van der Waals surface area contributed by atoms with Crippen molar-refractivity contribution >= 4 is 48.2 Å². The summed E-state index contributed by atoms with van der Waals surface area (Å²) in [6.45, 7) is 0. The van der Waals surface area contributed by atoms with Crippen LogP contribution in [0.25, 0.3) is 33.4 Å². The topological polar surface area (TPSA) is 177 Å². The lowest BCUT2D eigenvalue weighted by Gasteiger charge is -2.18. The number of carbonyl (C=O) groups is 2. The average molecular weight is 529 g/mol. The number of nitrogens with two attached hydrogens (primary N) is 1. The molecular formula is C24H20N2O8S2. The standard InChI is InChI=1S/C24H20N2O8S2/c1-36(32,33)35-11-19(25)23(29)26-12-2-5-15(18(8-12)24(30)31)22-16-6-3-13(27)9-20(16)34-21-10-14(28)4-7-17(21)22/h2-10,19,27H,11,25H2,1H3,(H,26,29)(H,30,31). The van der Waals surface area contributed by atoms with Gasteiger partial charge in [-0.2, -0.15) is 0 Å². The minimum Gasteiger partial charge on any atom is -0.508 e. The first-order valence-corrected chi connectivity index (χ1v) is 13.8. The van der Waals surface area contributed by atoms with Crippen molar-refractivity contribution < 1.29 is 32.6 Å². The van der Waals surface area contributed by atoms with Crippen LogP contribution < -0.4 is 16.5 Å². The number of rotatable bonds is 7. The number of phenolic OH excluding ortho intramolecular Hbond substituents is 1. The van der Waals surface area contributed by atoms with Crippen molar-refractivity contribution in [2.45, 2.75) is 6.04 Å². The number of hydrogen-bond donors (Lipinski definition) is 4. The molecule has 0 radical (unpaired) electrons. The van der Waals surface area contributed by atoms with E-state index >= 15 is 0 Å². The zero-order valence-electron chi connectivity index (χ0n) is 18.7. The van der Waals surface area contributed by atoms with Gasteiger partial charge in [-0.15, -0.1) is 0 Å². The number of carboxylic acids is 1. The van der Waals surface area contributed by atoms with Crippen LogP contribution in [0.15, 0.2) is 63.8 Å². The van der Waals surface area contributed by atoms with Crippen molar-refractivity contribution in [3.05, 3.63) is 70.4 Å². The van der Waals surface area contributed by atoms with Crippen molar-refractivity contribution in [2.75, 3.05) is 17.3 Å². The van der Waals surface area contributed by atoms with E-state index in [1.807, 2.05) is 0 Å². The monoisotopic (exact) mass is 528 g/mol.